The van der Waals surface area contributed by atoms with Crippen LogP contribution in [0.1, 0.15) is 75.1 Å². The second-order valence-corrected chi connectivity index (χ2v) is 10.4. The highest BCUT2D eigenvalue weighted by Gasteiger charge is 2.37. The molecule has 1 aromatic heterocycles. The maximum absolute atomic E-state index is 13.4. The number of nitrogens with zero attached hydrogens (tertiary/aromatic N) is 4. The van der Waals surface area contributed by atoms with Crippen molar-refractivity contribution < 1.29 is 9.59 Å². The van der Waals surface area contributed by atoms with Crippen LogP contribution in [0.5, 0.6) is 0 Å². The second-order valence-electron chi connectivity index (χ2n) is 10.4. The van der Waals surface area contributed by atoms with E-state index in [2.05, 4.69) is 20.8 Å². The summed E-state index contributed by atoms with van der Waals surface area (Å²) in [6.45, 7) is 12.4. The van der Waals surface area contributed by atoms with Gasteiger partial charge in [0.1, 0.15) is 5.69 Å². The lowest BCUT2D eigenvalue weighted by Gasteiger charge is -2.39. The van der Waals surface area contributed by atoms with Gasteiger partial charge in [-0.05, 0) is 59.1 Å². The Morgan fingerprint density at radius 1 is 0.903 bits per heavy atom. The summed E-state index contributed by atoms with van der Waals surface area (Å²) in [5.41, 5.74) is 1.88. The molecule has 0 radical (unpaired) electrons. The van der Waals surface area contributed by atoms with E-state index >= 15 is 0 Å². The molecule has 0 spiro atoms. The molecule has 6 heteroatoms. The van der Waals surface area contributed by atoms with Crippen molar-refractivity contribution in [1.82, 2.24) is 19.6 Å². The van der Waals surface area contributed by atoms with Crippen molar-refractivity contribution >= 4 is 11.8 Å². The molecule has 2 amide bonds. The minimum Gasteiger partial charge on any atom is -0.338 e. The van der Waals surface area contributed by atoms with E-state index in [1.807, 2.05) is 64.7 Å². The Bertz CT molecular complexity index is 959. The molecule has 0 N–H and O–H groups in total. The molecule has 31 heavy (non-hydrogen) atoms. The number of piperazine rings is 1. The van der Waals surface area contributed by atoms with Gasteiger partial charge in [-0.15, -0.1) is 0 Å². The topological polar surface area (TPSA) is 58.4 Å². The summed E-state index contributed by atoms with van der Waals surface area (Å²) in [5, 5.41) is 4.77. The summed E-state index contributed by atoms with van der Waals surface area (Å²) in [7, 11) is 0. The molecule has 2 heterocycles. The third-order valence-electron chi connectivity index (χ3n) is 6.46. The number of aromatic nitrogens is 2. The van der Waals surface area contributed by atoms with Crippen LogP contribution in [-0.4, -0.2) is 57.6 Å². The summed E-state index contributed by atoms with van der Waals surface area (Å²) in [5.74, 6) is 0.634. The number of amides is 2. The maximum atomic E-state index is 13.4. The lowest BCUT2D eigenvalue weighted by molar-refractivity contribution is -0.137. The fourth-order valence-electron chi connectivity index (χ4n) is 4.29. The number of rotatable bonds is 4. The molecule has 2 aliphatic rings. The number of carbonyl (C=O) groups is 2. The van der Waals surface area contributed by atoms with E-state index in [9.17, 15) is 9.59 Å². The number of benzene rings is 1. The van der Waals surface area contributed by atoms with Crippen LogP contribution in [0.15, 0.2) is 36.4 Å². The minimum atomic E-state index is -0.586. The van der Waals surface area contributed by atoms with E-state index in [1.54, 1.807) is 0 Å². The van der Waals surface area contributed by atoms with Crippen LogP contribution < -0.4 is 0 Å². The first-order valence-electron chi connectivity index (χ1n) is 11.3. The van der Waals surface area contributed by atoms with Crippen LogP contribution >= 0.6 is 0 Å². The van der Waals surface area contributed by atoms with E-state index in [1.165, 1.54) is 0 Å². The summed E-state index contributed by atoms with van der Waals surface area (Å²) >= 11 is 0. The average molecular weight is 423 g/mol. The summed E-state index contributed by atoms with van der Waals surface area (Å²) < 4.78 is 1.89. The van der Waals surface area contributed by atoms with Crippen LogP contribution in [0, 0.1) is 0 Å². The predicted octanol–water partition coefficient (Wildman–Crippen LogP) is 3.78. The molecule has 1 saturated carbocycles. The molecule has 1 aliphatic heterocycles. The Morgan fingerprint density at radius 2 is 1.48 bits per heavy atom. The molecule has 0 unspecified atom stereocenters. The van der Waals surface area contributed by atoms with Crippen LogP contribution in [-0.2, 0) is 15.7 Å². The van der Waals surface area contributed by atoms with Gasteiger partial charge in [0.05, 0.1) is 16.6 Å². The highest BCUT2D eigenvalue weighted by molar-refractivity contribution is 5.93. The van der Waals surface area contributed by atoms with Crippen molar-refractivity contribution in [3.63, 3.8) is 0 Å². The van der Waals surface area contributed by atoms with Crippen molar-refractivity contribution in [2.45, 2.75) is 64.3 Å². The SMILES string of the molecule is CC(C)(C(=O)N1CCN(C(=O)c2cc(C3CC3)nn2C(C)(C)C)CC1)c1ccccc1. The van der Waals surface area contributed by atoms with Crippen LogP contribution in [0.4, 0.5) is 0 Å². The molecule has 0 bridgehead atoms. The lowest BCUT2D eigenvalue weighted by atomic mass is 9.83. The molecule has 1 aliphatic carbocycles. The van der Waals surface area contributed by atoms with E-state index in [0.29, 0.717) is 37.8 Å². The summed E-state index contributed by atoms with van der Waals surface area (Å²) in [6.07, 6.45) is 2.32. The Balaban J connectivity index is 1.46. The predicted molar refractivity (Wildman–Crippen MR) is 121 cm³/mol. The van der Waals surface area contributed by atoms with Gasteiger partial charge in [-0.25, -0.2) is 0 Å². The fraction of sp³-hybridized carbons (Fsp3) is 0.560. The van der Waals surface area contributed by atoms with Crippen molar-refractivity contribution in [2.24, 2.45) is 0 Å². The number of carbonyl (C=O) groups excluding carboxylic acids is 2. The Kier molecular flexibility index (Phi) is 5.44. The first kappa shape index (κ1) is 21.6. The van der Waals surface area contributed by atoms with Gasteiger partial charge in [-0.1, -0.05) is 30.3 Å². The highest BCUT2D eigenvalue weighted by atomic mass is 16.2. The van der Waals surface area contributed by atoms with E-state index in [-0.39, 0.29) is 17.4 Å². The zero-order valence-electron chi connectivity index (χ0n) is 19.4. The summed E-state index contributed by atoms with van der Waals surface area (Å²) in [4.78, 5) is 30.4. The maximum Gasteiger partial charge on any atom is 0.272 e. The minimum absolute atomic E-state index is 0.0174. The fourth-order valence-corrected chi connectivity index (χ4v) is 4.29. The van der Waals surface area contributed by atoms with Crippen molar-refractivity contribution in [3.05, 3.63) is 53.3 Å². The highest BCUT2D eigenvalue weighted by Crippen LogP contribution is 2.40. The molecule has 166 valence electrons. The average Bonchev–Trinajstić information content (AvgIpc) is 3.50. The van der Waals surface area contributed by atoms with E-state index < -0.39 is 5.41 Å². The Labute approximate surface area is 185 Å². The third-order valence-corrected chi connectivity index (χ3v) is 6.46. The first-order chi connectivity index (χ1) is 14.6. The van der Waals surface area contributed by atoms with Gasteiger partial charge in [-0.3, -0.25) is 14.3 Å². The molecule has 2 aromatic rings. The van der Waals surface area contributed by atoms with Gasteiger partial charge >= 0.3 is 0 Å². The lowest BCUT2D eigenvalue weighted by Crippen LogP contribution is -2.54. The Hall–Kier alpha value is -2.63. The zero-order chi connectivity index (χ0) is 22.4. The van der Waals surface area contributed by atoms with Gasteiger partial charge < -0.3 is 9.80 Å². The molecule has 6 nitrogen and oxygen atoms in total. The van der Waals surface area contributed by atoms with Gasteiger partial charge in [-0.2, -0.15) is 5.10 Å². The van der Waals surface area contributed by atoms with Gasteiger partial charge in [0.2, 0.25) is 5.91 Å². The quantitative estimate of drug-likeness (QED) is 0.753. The normalized spacial score (nSPS) is 17.7. The standard InChI is InChI=1S/C25H34N4O2/c1-24(2,3)29-21(17-20(26-29)18-11-12-18)22(30)27-13-15-28(16-14-27)23(31)25(4,5)19-9-7-6-8-10-19/h6-10,17-18H,11-16H2,1-5H3. The van der Waals surface area contributed by atoms with Crippen molar-refractivity contribution in [3.8, 4) is 0 Å². The molecular formula is C25H34N4O2. The molecule has 1 saturated heterocycles. The van der Waals surface area contributed by atoms with Crippen LogP contribution in [0.25, 0.3) is 0 Å². The molecule has 4 rings (SSSR count). The monoisotopic (exact) mass is 422 g/mol. The van der Waals surface area contributed by atoms with E-state index in [4.69, 9.17) is 5.10 Å². The van der Waals surface area contributed by atoms with E-state index in [0.717, 1.165) is 24.1 Å². The Morgan fingerprint density at radius 3 is 2.03 bits per heavy atom. The molecule has 1 aromatic carbocycles. The van der Waals surface area contributed by atoms with Crippen LogP contribution in [0.2, 0.25) is 0 Å². The van der Waals surface area contributed by atoms with Gasteiger partial charge in [0, 0.05) is 32.1 Å². The molecule has 2 fully saturated rings. The van der Waals surface area contributed by atoms with Crippen molar-refractivity contribution in [2.75, 3.05) is 26.2 Å². The van der Waals surface area contributed by atoms with Crippen molar-refractivity contribution in [1.29, 1.82) is 0 Å². The number of hydrogen-bond donors (Lipinski definition) is 0. The summed E-state index contributed by atoms with van der Waals surface area (Å²) in [6, 6.07) is 11.9. The smallest absolute Gasteiger partial charge is 0.272 e. The van der Waals surface area contributed by atoms with Crippen LogP contribution in [0.3, 0.4) is 0 Å². The third kappa shape index (κ3) is 4.25. The largest absolute Gasteiger partial charge is 0.338 e. The molecular weight excluding hydrogens is 388 g/mol. The number of hydrogen-bond acceptors (Lipinski definition) is 3. The van der Waals surface area contributed by atoms with Gasteiger partial charge in [0.15, 0.2) is 0 Å². The first-order valence-corrected chi connectivity index (χ1v) is 11.3. The second kappa shape index (κ2) is 7.81. The van der Waals surface area contributed by atoms with Gasteiger partial charge in [0.25, 0.3) is 5.91 Å². The zero-order valence-corrected chi connectivity index (χ0v) is 19.4. The molecule has 0 atom stereocenters.